The van der Waals surface area contributed by atoms with Gasteiger partial charge >= 0.3 is 0 Å². The number of hydrogen-bond donors (Lipinski definition) is 0. The number of benzene rings is 2. The summed E-state index contributed by atoms with van der Waals surface area (Å²) in [7, 11) is 3.23. The summed E-state index contributed by atoms with van der Waals surface area (Å²) in [5, 5.41) is 0.873. The second-order valence-corrected chi connectivity index (χ2v) is 6.80. The van der Waals surface area contributed by atoms with Crippen molar-refractivity contribution in [2.24, 2.45) is 0 Å². The van der Waals surface area contributed by atoms with Gasteiger partial charge in [0.05, 0.1) is 30.8 Å². The molecule has 1 aliphatic rings. The van der Waals surface area contributed by atoms with E-state index < -0.39 is 0 Å². The molecule has 0 saturated heterocycles. The highest BCUT2D eigenvalue weighted by molar-refractivity contribution is 6.36. The van der Waals surface area contributed by atoms with Gasteiger partial charge < -0.3 is 14.4 Å². The van der Waals surface area contributed by atoms with E-state index in [1.54, 1.807) is 32.4 Å². The molecule has 1 heterocycles. The van der Waals surface area contributed by atoms with Crippen LogP contribution in [0.25, 0.3) is 0 Å². The first-order valence-corrected chi connectivity index (χ1v) is 8.72. The first-order valence-electron chi connectivity index (χ1n) is 7.97. The van der Waals surface area contributed by atoms with Crippen LogP contribution in [0.15, 0.2) is 30.3 Å². The van der Waals surface area contributed by atoms with Gasteiger partial charge in [-0.2, -0.15) is 0 Å². The van der Waals surface area contributed by atoms with Crippen molar-refractivity contribution in [2.45, 2.75) is 19.4 Å². The molecule has 1 amide bonds. The minimum atomic E-state index is -0.102. The van der Waals surface area contributed by atoms with Crippen LogP contribution in [-0.4, -0.2) is 31.6 Å². The van der Waals surface area contributed by atoms with Crippen LogP contribution in [0.1, 0.15) is 34.5 Å². The summed E-state index contributed by atoms with van der Waals surface area (Å²) >= 11 is 12.1. The van der Waals surface area contributed by atoms with Crippen LogP contribution in [0, 0.1) is 0 Å². The smallest absolute Gasteiger partial charge is 0.255 e. The quantitative estimate of drug-likeness (QED) is 0.770. The number of nitrogens with zero attached hydrogens (tertiary/aromatic N) is 1. The van der Waals surface area contributed by atoms with E-state index in [2.05, 4.69) is 0 Å². The van der Waals surface area contributed by atoms with Crippen molar-refractivity contribution in [3.8, 4) is 11.5 Å². The molecule has 6 heteroatoms. The second-order valence-electron chi connectivity index (χ2n) is 5.95. The van der Waals surface area contributed by atoms with Gasteiger partial charge in [-0.05, 0) is 54.8 Å². The average Bonchev–Trinajstić information content (AvgIpc) is 2.60. The van der Waals surface area contributed by atoms with Gasteiger partial charge in [0.2, 0.25) is 0 Å². The first-order chi connectivity index (χ1) is 12.0. The van der Waals surface area contributed by atoms with E-state index in [4.69, 9.17) is 32.7 Å². The van der Waals surface area contributed by atoms with Crippen LogP contribution < -0.4 is 9.47 Å². The number of carbonyl (C=O) groups excluding carboxylic acids is 1. The lowest BCUT2D eigenvalue weighted by Gasteiger charge is -2.36. The van der Waals surface area contributed by atoms with E-state index in [0.717, 1.165) is 17.5 Å². The minimum Gasteiger partial charge on any atom is -0.493 e. The normalized spacial score (nSPS) is 16.4. The molecule has 1 aliphatic heterocycles. The molecule has 0 fully saturated rings. The Bertz CT molecular complexity index is 823. The highest BCUT2D eigenvalue weighted by atomic mass is 35.5. The lowest BCUT2D eigenvalue weighted by molar-refractivity contribution is 0.0677. The van der Waals surface area contributed by atoms with Crippen molar-refractivity contribution < 1.29 is 14.3 Å². The largest absolute Gasteiger partial charge is 0.493 e. The molecule has 0 bridgehead atoms. The van der Waals surface area contributed by atoms with Crippen LogP contribution in [0.4, 0.5) is 0 Å². The molecule has 25 heavy (non-hydrogen) atoms. The maximum absolute atomic E-state index is 13.0. The molecule has 132 valence electrons. The van der Waals surface area contributed by atoms with E-state index in [9.17, 15) is 4.79 Å². The fraction of sp³-hybridized carbons (Fsp3) is 0.316. The van der Waals surface area contributed by atoms with Gasteiger partial charge in [-0.1, -0.05) is 23.2 Å². The van der Waals surface area contributed by atoms with Gasteiger partial charge in [-0.15, -0.1) is 0 Å². The number of hydrogen-bond acceptors (Lipinski definition) is 3. The first kappa shape index (κ1) is 17.9. The summed E-state index contributed by atoms with van der Waals surface area (Å²) < 4.78 is 10.8. The van der Waals surface area contributed by atoms with Gasteiger partial charge in [-0.3, -0.25) is 4.79 Å². The lowest BCUT2D eigenvalue weighted by Crippen LogP contribution is -2.39. The molecule has 0 spiro atoms. The Hall–Kier alpha value is -1.91. The van der Waals surface area contributed by atoms with E-state index >= 15 is 0 Å². The summed E-state index contributed by atoms with van der Waals surface area (Å²) in [5.74, 6) is 1.26. The standard InChI is InChI=1S/C19H19Cl2NO3/c1-11-15-10-18(25-3)17(24-2)8-12(15)6-7-22(11)19(23)14-5-4-13(20)9-16(14)21/h4-5,8-11H,6-7H2,1-3H3. The van der Waals surface area contributed by atoms with Gasteiger partial charge in [0.1, 0.15) is 0 Å². The molecule has 0 aromatic heterocycles. The van der Waals surface area contributed by atoms with Crippen LogP contribution in [0.3, 0.4) is 0 Å². The monoisotopic (exact) mass is 379 g/mol. The predicted octanol–water partition coefficient (Wildman–Crippen LogP) is 4.77. The van der Waals surface area contributed by atoms with Crippen molar-refractivity contribution in [3.05, 3.63) is 57.1 Å². The van der Waals surface area contributed by atoms with Crippen molar-refractivity contribution in [3.63, 3.8) is 0 Å². The van der Waals surface area contributed by atoms with Gasteiger partial charge in [0.25, 0.3) is 5.91 Å². The van der Waals surface area contributed by atoms with Crippen LogP contribution >= 0.6 is 23.2 Å². The fourth-order valence-electron chi connectivity index (χ4n) is 3.24. The average molecular weight is 380 g/mol. The van der Waals surface area contributed by atoms with E-state index in [-0.39, 0.29) is 11.9 Å². The van der Waals surface area contributed by atoms with E-state index in [1.165, 1.54) is 0 Å². The zero-order valence-electron chi connectivity index (χ0n) is 14.3. The fourth-order valence-corrected chi connectivity index (χ4v) is 3.73. The summed E-state index contributed by atoms with van der Waals surface area (Å²) in [5.41, 5.74) is 2.68. The Balaban J connectivity index is 1.95. The Morgan fingerprint density at radius 3 is 2.44 bits per heavy atom. The number of carbonyl (C=O) groups is 1. The maximum Gasteiger partial charge on any atom is 0.255 e. The molecule has 0 radical (unpaired) electrons. The number of ether oxygens (including phenoxy) is 2. The third-order valence-corrected chi connectivity index (χ3v) is 5.16. The molecular formula is C19H19Cl2NO3. The molecule has 0 aliphatic carbocycles. The van der Waals surface area contributed by atoms with Crippen molar-refractivity contribution >= 4 is 29.1 Å². The Labute approximate surface area is 157 Å². The zero-order valence-corrected chi connectivity index (χ0v) is 15.8. The van der Waals surface area contributed by atoms with Crippen LogP contribution in [0.2, 0.25) is 10.0 Å². The zero-order chi connectivity index (χ0) is 18.1. The van der Waals surface area contributed by atoms with Crippen LogP contribution in [0.5, 0.6) is 11.5 Å². The summed E-state index contributed by atoms with van der Waals surface area (Å²) in [6.45, 7) is 2.62. The predicted molar refractivity (Wildman–Crippen MR) is 99.2 cm³/mol. The van der Waals surface area contributed by atoms with Crippen molar-refractivity contribution in [1.29, 1.82) is 0 Å². The van der Waals surface area contributed by atoms with Gasteiger partial charge in [0, 0.05) is 11.6 Å². The van der Waals surface area contributed by atoms with E-state index in [0.29, 0.717) is 33.7 Å². The van der Waals surface area contributed by atoms with Gasteiger partial charge in [0.15, 0.2) is 11.5 Å². The summed E-state index contributed by atoms with van der Waals surface area (Å²) in [4.78, 5) is 14.8. The van der Waals surface area contributed by atoms with Crippen LogP contribution in [-0.2, 0) is 6.42 Å². The SMILES string of the molecule is COc1cc2c(cc1OC)C(C)N(C(=O)c1ccc(Cl)cc1Cl)CC2. The second kappa shape index (κ2) is 7.14. The Morgan fingerprint density at radius 1 is 1.12 bits per heavy atom. The molecule has 1 unspecified atom stereocenters. The summed E-state index contributed by atoms with van der Waals surface area (Å²) in [6, 6.07) is 8.78. The summed E-state index contributed by atoms with van der Waals surface area (Å²) in [6.07, 6.45) is 0.747. The molecule has 3 rings (SSSR count). The molecule has 4 nitrogen and oxygen atoms in total. The molecule has 2 aromatic rings. The number of halogens is 2. The lowest BCUT2D eigenvalue weighted by atomic mass is 9.92. The maximum atomic E-state index is 13.0. The third-order valence-electron chi connectivity index (χ3n) is 4.61. The Morgan fingerprint density at radius 2 is 1.80 bits per heavy atom. The van der Waals surface area contributed by atoms with E-state index in [1.807, 2.05) is 24.0 Å². The molecule has 0 N–H and O–H groups in total. The molecule has 1 atom stereocenters. The molecule has 0 saturated carbocycles. The van der Waals surface area contributed by atoms with Gasteiger partial charge in [-0.25, -0.2) is 0 Å². The number of amides is 1. The highest BCUT2D eigenvalue weighted by Crippen LogP contribution is 2.38. The van der Waals surface area contributed by atoms with Crippen molar-refractivity contribution in [1.82, 2.24) is 4.90 Å². The minimum absolute atomic E-state index is 0.0946. The topological polar surface area (TPSA) is 38.8 Å². The molecule has 2 aromatic carbocycles. The number of fused-ring (bicyclic) bond motifs is 1. The molecular weight excluding hydrogens is 361 g/mol. The number of methoxy groups -OCH3 is 2. The number of rotatable bonds is 3. The Kier molecular flexibility index (Phi) is 5.11. The van der Waals surface area contributed by atoms with Crippen molar-refractivity contribution in [2.75, 3.05) is 20.8 Å². The highest BCUT2D eigenvalue weighted by Gasteiger charge is 2.30. The third kappa shape index (κ3) is 3.29.